The third-order valence-electron chi connectivity index (χ3n) is 6.93. The summed E-state index contributed by atoms with van der Waals surface area (Å²) in [5.41, 5.74) is 8.15. The molecule has 0 fully saturated rings. The average molecular weight is 407 g/mol. The van der Waals surface area contributed by atoms with Crippen LogP contribution < -0.4 is 0 Å². The van der Waals surface area contributed by atoms with E-state index in [1.165, 1.54) is 49.2 Å². The van der Waals surface area contributed by atoms with Crippen LogP contribution in [0.4, 0.5) is 0 Å². The lowest BCUT2D eigenvalue weighted by Gasteiger charge is -2.04. The molecule has 0 amide bonds. The summed E-state index contributed by atoms with van der Waals surface area (Å²) >= 11 is 0. The van der Waals surface area contributed by atoms with E-state index in [1.54, 1.807) is 0 Å². The van der Waals surface area contributed by atoms with Gasteiger partial charge in [0.1, 0.15) is 11.2 Å². The molecule has 3 heterocycles. The predicted octanol–water partition coefficient (Wildman–Crippen LogP) is 8.40. The van der Waals surface area contributed by atoms with E-state index in [-0.39, 0.29) is 0 Å². The lowest BCUT2D eigenvalue weighted by molar-refractivity contribution is 0.669. The third-order valence-corrected chi connectivity index (χ3v) is 6.93. The molecule has 0 spiro atoms. The first-order valence-electron chi connectivity index (χ1n) is 11.0. The highest BCUT2D eigenvalue weighted by Gasteiger charge is 2.17. The Hall–Kier alpha value is -4.30. The van der Waals surface area contributed by atoms with Gasteiger partial charge in [0.2, 0.25) is 0 Å². The van der Waals surface area contributed by atoms with Crippen LogP contribution in [0.1, 0.15) is 0 Å². The molecule has 0 aliphatic carbocycles. The number of fused-ring (bicyclic) bond motifs is 9. The van der Waals surface area contributed by atoms with Gasteiger partial charge in [0.25, 0.3) is 0 Å². The fourth-order valence-corrected chi connectivity index (χ4v) is 5.52. The molecule has 8 rings (SSSR count). The van der Waals surface area contributed by atoms with Crippen LogP contribution in [0.3, 0.4) is 0 Å². The summed E-state index contributed by atoms with van der Waals surface area (Å²) in [5.74, 6) is 0. The monoisotopic (exact) mass is 407 g/mol. The zero-order valence-electron chi connectivity index (χ0n) is 17.2. The highest BCUT2D eigenvalue weighted by molar-refractivity contribution is 6.23. The maximum atomic E-state index is 6.03. The van der Waals surface area contributed by atoms with E-state index in [0.717, 1.165) is 21.9 Å². The maximum Gasteiger partial charge on any atom is 0.135 e. The molecule has 5 aromatic carbocycles. The molecular weight excluding hydrogens is 390 g/mol. The summed E-state index contributed by atoms with van der Waals surface area (Å²) in [4.78, 5) is 0. The fraction of sp³-hybridized carbons (Fsp3) is 0. The summed E-state index contributed by atoms with van der Waals surface area (Å²) in [5, 5.41) is 7.57. The third kappa shape index (κ3) is 1.95. The molecule has 0 unspecified atom stereocenters. The van der Waals surface area contributed by atoms with E-state index < -0.39 is 0 Å². The van der Waals surface area contributed by atoms with Crippen molar-refractivity contribution in [1.82, 2.24) is 4.40 Å². The van der Waals surface area contributed by atoms with E-state index in [1.807, 2.05) is 12.1 Å². The van der Waals surface area contributed by atoms with Gasteiger partial charge in [-0.1, -0.05) is 66.7 Å². The van der Waals surface area contributed by atoms with Crippen molar-refractivity contribution in [2.45, 2.75) is 0 Å². The molecule has 0 bridgehead atoms. The Morgan fingerprint density at radius 3 is 1.97 bits per heavy atom. The number of furan rings is 1. The minimum Gasteiger partial charge on any atom is -0.456 e. The smallest absolute Gasteiger partial charge is 0.135 e. The van der Waals surface area contributed by atoms with Crippen LogP contribution in [0, 0.1) is 0 Å². The minimum absolute atomic E-state index is 0.934. The van der Waals surface area contributed by atoms with Gasteiger partial charge >= 0.3 is 0 Å². The number of aromatic nitrogens is 1. The number of hydrogen-bond acceptors (Lipinski definition) is 1. The van der Waals surface area contributed by atoms with E-state index in [9.17, 15) is 0 Å². The quantitative estimate of drug-likeness (QED) is 0.267. The summed E-state index contributed by atoms with van der Waals surface area (Å²) < 4.78 is 8.45. The molecule has 0 aliphatic heterocycles. The second-order valence-corrected chi connectivity index (χ2v) is 8.60. The van der Waals surface area contributed by atoms with Crippen LogP contribution in [0.5, 0.6) is 0 Å². The highest BCUT2D eigenvalue weighted by atomic mass is 16.3. The average Bonchev–Trinajstić information content (AvgIpc) is 3.50. The lowest BCUT2D eigenvalue weighted by atomic mass is 10.00. The molecule has 0 saturated carbocycles. The topological polar surface area (TPSA) is 17.6 Å². The van der Waals surface area contributed by atoms with Gasteiger partial charge in [-0.05, 0) is 47.5 Å². The summed E-state index contributed by atoms with van der Waals surface area (Å²) in [6.07, 6.45) is 0. The number of para-hydroxylation sites is 3. The summed E-state index contributed by atoms with van der Waals surface area (Å²) in [7, 11) is 0. The molecule has 0 N–H and O–H groups in total. The van der Waals surface area contributed by atoms with Gasteiger partial charge in [0.05, 0.1) is 16.6 Å². The van der Waals surface area contributed by atoms with Crippen molar-refractivity contribution < 1.29 is 4.42 Å². The molecule has 0 aliphatic rings. The standard InChI is InChI=1S/C30H17NO/c1-3-10-26-20(6-1)22-8-5-9-23-24-16-18(12-14-27(24)31(26)30(22)23)19-13-15-29-25(17-19)21-7-2-4-11-28(21)32-29/h1-17H. The minimum atomic E-state index is 0.934. The molecule has 2 nitrogen and oxygen atoms in total. The SMILES string of the molecule is c1ccc2c(c1)oc1ccc(-c3ccc4c(c3)c3cccc5c6ccccc6n4c53)cc12. The molecule has 0 saturated heterocycles. The van der Waals surface area contributed by atoms with Crippen molar-refractivity contribution in [2.75, 3.05) is 0 Å². The number of benzene rings is 5. The Bertz CT molecular complexity index is 1990. The van der Waals surface area contributed by atoms with Crippen LogP contribution in [0.2, 0.25) is 0 Å². The van der Waals surface area contributed by atoms with Crippen LogP contribution in [-0.2, 0) is 0 Å². The number of rotatable bonds is 1. The highest BCUT2D eigenvalue weighted by Crippen LogP contribution is 2.40. The molecule has 32 heavy (non-hydrogen) atoms. The Balaban J connectivity index is 1.44. The predicted molar refractivity (Wildman–Crippen MR) is 134 cm³/mol. The zero-order valence-corrected chi connectivity index (χ0v) is 17.2. The Morgan fingerprint density at radius 1 is 0.438 bits per heavy atom. The Morgan fingerprint density at radius 2 is 1.06 bits per heavy atom. The fourth-order valence-electron chi connectivity index (χ4n) is 5.52. The van der Waals surface area contributed by atoms with Crippen molar-refractivity contribution in [3.05, 3.63) is 103 Å². The molecule has 0 atom stereocenters. The molecule has 3 aromatic heterocycles. The normalized spacial score (nSPS) is 12.4. The van der Waals surface area contributed by atoms with Crippen molar-refractivity contribution in [3.63, 3.8) is 0 Å². The van der Waals surface area contributed by atoms with E-state index in [2.05, 4.69) is 95.4 Å². The van der Waals surface area contributed by atoms with Crippen molar-refractivity contribution in [3.8, 4) is 11.1 Å². The number of hydrogen-bond donors (Lipinski definition) is 0. The van der Waals surface area contributed by atoms with Gasteiger partial charge < -0.3 is 8.82 Å². The van der Waals surface area contributed by atoms with Crippen molar-refractivity contribution in [1.29, 1.82) is 0 Å². The molecule has 148 valence electrons. The lowest BCUT2D eigenvalue weighted by Crippen LogP contribution is -1.82. The Kier molecular flexibility index (Phi) is 2.91. The summed E-state index contributed by atoms with van der Waals surface area (Å²) in [6.45, 7) is 0. The van der Waals surface area contributed by atoms with Gasteiger partial charge in [-0.3, -0.25) is 0 Å². The second kappa shape index (κ2) is 5.68. The number of nitrogens with zero attached hydrogens (tertiary/aromatic N) is 1. The van der Waals surface area contributed by atoms with Gasteiger partial charge in [-0.2, -0.15) is 0 Å². The van der Waals surface area contributed by atoms with Crippen molar-refractivity contribution in [2.24, 2.45) is 0 Å². The van der Waals surface area contributed by atoms with Crippen LogP contribution in [-0.4, -0.2) is 4.40 Å². The molecule has 8 aromatic rings. The van der Waals surface area contributed by atoms with Gasteiger partial charge in [-0.15, -0.1) is 0 Å². The zero-order chi connectivity index (χ0) is 20.8. The van der Waals surface area contributed by atoms with E-state index >= 15 is 0 Å². The molecule has 0 radical (unpaired) electrons. The van der Waals surface area contributed by atoms with Gasteiger partial charge in [0.15, 0.2) is 0 Å². The summed E-state index contributed by atoms with van der Waals surface area (Å²) in [6, 6.07) is 37.0. The van der Waals surface area contributed by atoms with Crippen LogP contribution in [0.15, 0.2) is 108 Å². The largest absolute Gasteiger partial charge is 0.456 e. The van der Waals surface area contributed by atoms with Crippen LogP contribution >= 0.6 is 0 Å². The van der Waals surface area contributed by atoms with Crippen LogP contribution in [0.25, 0.3) is 71.2 Å². The maximum absolute atomic E-state index is 6.03. The Labute approximate surface area is 183 Å². The second-order valence-electron chi connectivity index (χ2n) is 8.60. The van der Waals surface area contributed by atoms with Gasteiger partial charge in [0, 0.05) is 32.3 Å². The van der Waals surface area contributed by atoms with E-state index in [4.69, 9.17) is 4.42 Å². The first-order chi connectivity index (χ1) is 15.9. The van der Waals surface area contributed by atoms with Gasteiger partial charge in [-0.25, -0.2) is 0 Å². The van der Waals surface area contributed by atoms with E-state index in [0.29, 0.717) is 0 Å². The first kappa shape index (κ1) is 16.4. The van der Waals surface area contributed by atoms with Crippen molar-refractivity contribution >= 4 is 60.0 Å². The molecular formula is C30H17NO. The first-order valence-corrected chi connectivity index (χ1v) is 11.0. The molecule has 2 heteroatoms.